The summed E-state index contributed by atoms with van der Waals surface area (Å²) in [6.45, 7) is 1.77. The summed E-state index contributed by atoms with van der Waals surface area (Å²) in [5.74, 6) is -4.75. The summed E-state index contributed by atoms with van der Waals surface area (Å²) >= 11 is 0. The summed E-state index contributed by atoms with van der Waals surface area (Å²) in [6, 6.07) is 5.00. The van der Waals surface area contributed by atoms with Crippen molar-refractivity contribution in [2.75, 3.05) is 5.32 Å². The van der Waals surface area contributed by atoms with E-state index in [2.05, 4.69) is 10.5 Å². The van der Waals surface area contributed by atoms with Gasteiger partial charge in [-0.1, -0.05) is 17.3 Å². The van der Waals surface area contributed by atoms with Gasteiger partial charge >= 0.3 is 0 Å². The molecular formula is C12H12F2N2O3. The van der Waals surface area contributed by atoms with Crippen LogP contribution in [0.5, 0.6) is 0 Å². The second-order valence-electron chi connectivity index (χ2n) is 3.93. The Kier molecular flexibility index (Phi) is 4.31. The number of alkyl halides is 2. The fourth-order valence-corrected chi connectivity index (χ4v) is 1.34. The number of ketones is 1. The molecule has 0 aliphatic rings. The molecule has 2 N–H and O–H groups in total. The molecule has 19 heavy (non-hydrogen) atoms. The normalized spacial score (nSPS) is 12.1. The quantitative estimate of drug-likeness (QED) is 0.381. The lowest BCUT2D eigenvalue weighted by Crippen LogP contribution is -2.28. The Labute approximate surface area is 107 Å². The first kappa shape index (κ1) is 14.7. The van der Waals surface area contributed by atoms with E-state index in [1.165, 1.54) is 18.2 Å². The molecule has 1 aromatic rings. The molecule has 5 nitrogen and oxygen atoms in total. The molecule has 0 radical (unpaired) electrons. The number of hydrogen-bond donors (Lipinski definition) is 2. The molecule has 1 amide bonds. The third kappa shape index (κ3) is 3.84. The van der Waals surface area contributed by atoms with Gasteiger partial charge in [-0.2, -0.15) is 0 Å². The van der Waals surface area contributed by atoms with Crippen molar-refractivity contribution in [3.8, 4) is 0 Å². The maximum atomic E-state index is 13.1. The van der Waals surface area contributed by atoms with Crippen molar-refractivity contribution in [1.82, 2.24) is 0 Å². The highest BCUT2D eigenvalue weighted by Crippen LogP contribution is 2.28. The summed E-state index contributed by atoms with van der Waals surface area (Å²) in [4.78, 5) is 22.5. The van der Waals surface area contributed by atoms with Crippen LogP contribution in [0, 0.1) is 0 Å². The van der Waals surface area contributed by atoms with Gasteiger partial charge in [0.25, 0.3) is 11.8 Å². The van der Waals surface area contributed by atoms with Crippen molar-refractivity contribution in [1.29, 1.82) is 0 Å². The molecule has 0 saturated heterocycles. The van der Waals surface area contributed by atoms with Crippen LogP contribution in [-0.4, -0.2) is 22.6 Å². The summed E-state index contributed by atoms with van der Waals surface area (Å²) < 4.78 is 26.2. The van der Waals surface area contributed by atoms with E-state index in [0.717, 1.165) is 19.9 Å². The van der Waals surface area contributed by atoms with Crippen molar-refractivity contribution in [3.05, 3.63) is 29.8 Å². The second kappa shape index (κ2) is 5.55. The fourth-order valence-electron chi connectivity index (χ4n) is 1.34. The third-order valence-electron chi connectivity index (χ3n) is 2.28. The first-order valence-corrected chi connectivity index (χ1v) is 5.28. The topological polar surface area (TPSA) is 78.8 Å². The first-order chi connectivity index (χ1) is 8.75. The van der Waals surface area contributed by atoms with Crippen molar-refractivity contribution < 1.29 is 23.6 Å². The molecule has 102 valence electrons. The zero-order valence-electron chi connectivity index (χ0n) is 10.3. The van der Waals surface area contributed by atoms with E-state index in [1.807, 2.05) is 0 Å². The number of amides is 1. The predicted molar refractivity (Wildman–Crippen MR) is 64.5 cm³/mol. The SMILES string of the molecule is CC(=O)/C(=N/O)C(=O)Nc1cccc(C(C)(F)F)c1. The molecule has 0 bridgehead atoms. The largest absolute Gasteiger partial charge is 0.410 e. The minimum atomic E-state index is -3.05. The van der Waals surface area contributed by atoms with Crippen molar-refractivity contribution in [2.24, 2.45) is 5.16 Å². The summed E-state index contributed by atoms with van der Waals surface area (Å²) in [6.07, 6.45) is 0. The zero-order valence-corrected chi connectivity index (χ0v) is 10.3. The van der Waals surface area contributed by atoms with E-state index >= 15 is 0 Å². The molecule has 0 unspecified atom stereocenters. The number of Topliss-reactive ketones (excluding diaryl/α,β-unsaturated/α-hetero) is 1. The van der Waals surface area contributed by atoms with Gasteiger partial charge in [0.1, 0.15) is 0 Å². The van der Waals surface area contributed by atoms with Crippen LogP contribution in [0.15, 0.2) is 29.4 Å². The third-order valence-corrected chi connectivity index (χ3v) is 2.28. The molecule has 0 heterocycles. The van der Waals surface area contributed by atoms with E-state index in [1.54, 1.807) is 0 Å². The number of anilines is 1. The number of benzene rings is 1. The van der Waals surface area contributed by atoms with Gasteiger partial charge < -0.3 is 10.5 Å². The van der Waals surface area contributed by atoms with Crippen molar-refractivity contribution in [3.63, 3.8) is 0 Å². The maximum absolute atomic E-state index is 13.1. The molecule has 0 aliphatic carbocycles. The number of nitrogens with one attached hydrogen (secondary N) is 1. The van der Waals surface area contributed by atoms with Crippen LogP contribution in [0.1, 0.15) is 19.4 Å². The summed E-state index contributed by atoms with van der Waals surface area (Å²) in [5, 5.41) is 13.3. The average molecular weight is 270 g/mol. The van der Waals surface area contributed by atoms with Crippen LogP contribution in [0.2, 0.25) is 0 Å². The Balaban J connectivity index is 2.95. The number of carbonyl (C=O) groups excluding carboxylic acids is 2. The molecule has 0 aliphatic heterocycles. The monoisotopic (exact) mass is 270 g/mol. The molecule has 1 aromatic carbocycles. The molecule has 0 fully saturated rings. The van der Waals surface area contributed by atoms with Gasteiger partial charge in [-0.3, -0.25) is 9.59 Å². The Hall–Kier alpha value is -2.31. The minimum Gasteiger partial charge on any atom is -0.410 e. The highest BCUT2D eigenvalue weighted by molar-refractivity contribution is 6.67. The molecule has 0 saturated carbocycles. The van der Waals surface area contributed by atoms with Gasteiger partial charge in [0.05, 0.1) is 0 Å². The van der Waals surface area contributed by atoms with Crippen molar-refractivity contribution in [2.45, 2.75) is 19.8 Å². The summed E-state index contributed by atoms with van der Waals surface area (Å²) in [5.41, 5.74) is -0.907. The van der Waals surface area contributed by atoms with Crippen LogP contribution in [-0.2, 0) is 15.5 Å². The number of oxime groups is 1. The number of carbonyl (C=O) groups is 2. The van der Waals surface area contributed by atoms with E-state index in [4.69, 9.17) is 5.21 Å². The van der Waals surface area contributed by atoms with Gasteiger partial charge in [0.2, 0.25) is 5.71 Å². The van der Waals surface area contributed by atoms with Crippen LogP contribution in [0.3, 0.4) is 0 Å². The molecule has 0 aromatic heterocycles. The molecule has 0 atom stereocenters. The number of rotatable bonds is 4. The lowest BCUT2D eigenvalue weighted by atomic mass is 10.1. The average Bonchev–Trinajstić information content (AvgIpc) is 2.28. The van der Waals surface area contributed by atoms with Gasteiger partial charge in [0.15, 0.2) is 5.78 Å². The summed E-state index contributed by atoms with van der Waals surface area (Å²) in [7, 11) is 0. The van der Waals surface area contributed by atoms with Crippen LogP contribution < -0.4 is 5.32 Å². The minimum absolute atomic E-state index is 0.0754. The number of nitrogens with zero attached hydrogens (tertiary/aromatic N) is 1. The Morgan fingerprint density at radius 3 is 2.47 bits per heavy atom. The van der Waals surface area contributed by atoms with Gasteiger partial charge in [-0.15, -0.1) is 0 Å². The van der Waals surface area contributed by atoms with Crippen LogP contribution in [0.25, 0.3) is 0 Å². The Bertz CT molecular complexity index is 536. The predicted octanol–water partition coefficient (Wildman–Crippen LogP) is 2.16. The molecule has 0 spiro atoms. The standard InChI is InChI=1S/C12H12F2N2O3/c1-7(17)10(16-19)11(18)15-9-5-3-4-8(6-9)12(2,13)14/h3-6,19H,1-2H3,(H,15,18)/b16-10-. The van der Waals surface area contributed by atoms with Crippen LogP contribution in [0.4, 0.5) is 14.5 Å². The van der Waals surface area contributed by atoms with E-state index in [9.17, 15) is 18.4 Å². The molecule has 7 heteroatoms. The van der Waals surface area contributed by atoms with E-state index < -0.39 is 23.3 Å². The van der Waals surface area contributed by atoms with Crippen molar-refractivity contribution >= 4 is 23.1 Å². The first-order valence-electron chi connectivity index (χ1n) is 5.28. The van der Waals surface area contributed by atoms with E-state index in [0.29, 0.717) is 0 Å². The van der Waals surface area contributed by atoms with E-state index in [-0.39, 0.29) is 11.3 Å². The smallest absolute Gasteiger partial charge is 0.281 e. The number of halogens is 2. The Morgan fingerprint density at radius 1 is 1.37 bits per heavy atom. The second-order valence-corrected chi connectivity index (χ2v) is 3.93. The van der Waals surface area contributed by atoms with Gasteiger partial charge in [0, 0.05) is 25.1 Å². The maximum Gasteiger partial charge on any atom is 0.281 e. The number of hydrogen-bond acceptors (Lipinski definition) is 4. The Morgan fingerprint density at radius 2 is 2.00 bits per heavy atom. The lowest BCUT2D eigenvalue weighted by Gasteiger charge is -2.12. The highest BCUT2D eigenvalue weighted by atomic mass is 19.3. The van der Waals surface area contributed by atoms with Gasteiger partial charge in [-0.05, 0) is 12.1 Å². The van der Waals surface area contributed by atoms with Gasteiger partial charge in [-0.25, -0.2) is 8.78 Å². The lowest BCUT2D eigenvalue weighted by molar-refractivity contribution is -0.114. The zero-order chi connectivity index (χ0) is 14.6. The highest BCUT2D eigenvalue weighted by Gasteiger charge is 2.25. The fraction of sp³-hybridized carbons (Fsp3) is 0.250. The molecule has 1 rings (SSSR count). The molecular weight excluding hydrogens is 258 g/mol. The van der Waals surface area contributed by atoms with Crippen LogP contribution >= 0.6 is 0 Å².